The topological polar surface area (TPSA) is 58.4 Å². The maximum atomic E-state index is 12.4. The summed E-state index contributed by atoms with van der Waals surface area (Å²) in [6.45, 7) is 4.23. The van der Waals surface area contributed by atoms with Crippen molar-refractivity contribution in [1.82, 2.24) is 10.2 Å². The van der Waals surface area contributed by atoms with E-state index in [4.69, 9.17) is 5.73 Å². The minimum absolute atomic E-state index is 0.0191. The maximum absolute atomic E-state index is 12.4. The van der Waals surface area contributed by atoms with Crippen molar-refractivity contribution in [3.05, 3.63) is 29.3 Å². The first-order valence-corrected chi connectivity index (χ1v) is 7.07. The highest BCUT2D eigenvalue weighted by Crippen LogP contribution is 2.28. The number of fused-ring (bicyclic) bond motifs is 1. The van der Waals surface area contributed by atoms with Gasteiger partial charge in [0.25, 0.3) is 5.91 Å². The summed E-state index contributed by atoms with van der Waals surface area (Å²) in [6, 6.07) is 6.43. The molecule has 1 aromatic carbocycles. The molecular weight excluding hydrogens is 238 g/mol. The number of nitrogens with two attached hydrogens (primary N) is 1. The van der Waals surface area contributed by atoms with Crippen molar-refractivity contribution < 1.29 is 4.79 Å². The van der Waals surface area contributed by atoms with Crippen LogP contribution >= 0.6 is 0 Å². The molecule has 0 spiro atoms. The van der Waals surface area contributed by atoms with E-state index in [1.165, 1.54) is 19.4 Å². The van der Waals surface area contributed by atoms with Gasteiger partial charge in [0, 0.05) is 24.3 Å². The van der Waals surface area contributed by atoms with Crippen LogP contribution in [-0.2, 0) is 0 Å². The third-order valence-corrected chi connectivity index (χ3v) is 4.45. The summed E-state index contributed by atoms with van der Waals surface area (Å²) in [7, 11) is 0. The molecule has 2 unspecified atom stereocenters. The van der Waals surface area contributed by atoms with E-state index in [-0.39, 0.29) is 11.9 Å². The van der Waals surface area contributed by atoms with Crippen molar-refractivity contribution in [2.75, 3.05) is 18.8 Å². The Labute approximate surface area is 114 Å². The number of nitrogens with one attached hydrogen (secondary N) is 1. The van der Waals surface area contributed by atoms with Crippen LogP contribution in [0.5, 0.6) is 0 Å². The lowest BCUT2D eigenvalue weighted by atomic mass is 10.0. The first kappa shape index (κ1) is 12.5. The zero-order valence-corrected chi connectivity index (χ0v) is 11.4. The van der Waals surface area contributed by atoms with Crippen LogP contribution in [0, 0.1) is 6.92 Å². The number of amides is 1. The lowest BCUT2D eigenvalue weighted by molar-refractivity contribution is 0.0930. The van der Waals surface area contributed by atoms with Crippen LogP contribution in [0.25, 0.3) is 0 Å². The van der Waals surface area contributed by atoms with E-state index >= 15 is 0 Å². The van der Waals surface area contributed by atoms with Crippen molar-refractivity contribution in [1.29, 1.82) is 0 Å². The Kier molecular flexibility index (Phi) is 3.19. The minimum atomic E-state index is -0.0191. The number of carbonyl (C=O) groups is 1. The molecule has 2 aliphatic heterocycles. The number of nitrogens with zero attached hydrogens (tertiary/aromatic N) is 1. The third-order valence-electron chi connectivity index (χ3n) is 4.45. The van der Waals surface area contributed by atoms with Crippen LogP contribution in [0.2, 0.25) is 0 Å². The third kappa shape index (κ3) is 2.21. The highest BCUT2D eigenvalue weighted by Gasteiger charge is 2.38. The number of hydrogen-bond donors (Lipinski definition) is 2. The van der Waals surface area contributed by atoms with Gasteiger partial charge in [-0.1, -0.05) is 12.1 Å². The lowest BCUT2D eigenvalue weighted by Gasteiger charge is -2.22. The molecule has 2 aliphatic rings. The van der Waals surface area contributed by atoms with E-state index in [9.17, 15) is 4.79 Å². The van der Waals surface area contributed by atoms with E-state index in [1.54, 1.807) is 6.07 Å². The second kappa shape index (κ2) is 4.85. The molecule has 0 saturated carbocycles. The van der Waals surface area contributed by atoms with Crippen molar-refractivity contribution in [2.45, 2.75) is 38.3 Å². The van der Waals surface area contributed by atoms with Gasteiger partial charge >= 0.3 is 0 Å². The first-order valence-electron chi connectivity index (χ1n) is 7.07. The molecular formula is C15H21N3O. The SMILES string of the molecule is Cc1cccc(N)c1C(=O)NC1CCN2CCCC12. The van der Waals surface area contributed by atoms with Crippen LogP contribution in [0.15, 0.2) is 18.2 Å². The van der Waals surface area contributed by atoms with Crippen LogP contribution in [0.1, 0.15) is 35.2 Å². The minimum Gasteiger partial charge on any atom is -0.398 e. The number of anilines is 1. The summed E-state index contributed by atoms with van der Waals surface area (Å²) in [5, 5.41) is 3.19. The number of benzene rings is 1. The fraction of sp³-hybridized carbons (Fsp3) is 0.533. The Hall–Kier alpha value is -1.55. The molecule has 3 rings (SSSR count). The molecule has 1 amide bonds. The summed E-state index contributed by atoms with van der Waals surface area (Å²) in [5.41, 5.74) is 8.08. The van der Waals surface area contributed by atoms with E-state index in [2.05, 4.69) is 10.2 Å². The summed E-state index contributed by atoms with van der Waals surface area (Å²) >= 11 is 0. The lowest BCUT2D eigenvalue weighted by Crippen LogP contribution is -2.42. The maximum Gasteiger partial charge on any atom is 0.253 e. The molecule has 102 valence electrons. The molecule has 2 atom stereocenters. The fourth-order valence-corrected chi connectivity index (χ4v) is 3.49. The van der Waals surface area contributed by atoms with E-state index < -0.39 is 0 Å². The fourth-order valence-electron chi connectivity index (χ4n) is 3.49. The van der Waals surface area contributed by atoms with Gasteiger partial charge in [0.2, 0.25) is 0 Å². The monoisotopic (exact) mass is 259 g/mol. The van der Waals surface area contributed by atoms with E-state index in [0.29, 0.717) is 17.3 Å². The van der Waals surface area contributed by atoms with Crippen molar-refractivity contribution in [3.63, 3.8) is 0 Å². The quantitative estimate of drug-likeness (QED) is 0.792. The van der Waals surface area contributed by atoms with Gasteiger partial charge in [-0.3, -0.25) is 9.69 Å². The average molecular weight is 259 g/mol. The number of carbonyl (C=O) groups excluding carboxylic acids is 1. The predicted molar refractivity (Wildman–Crippen MR) is 76.1 cm³/mol. The molecule has 3 N–H and O–H groups in total. The summed E-state index contributed by atoms with van der Waals surface area (Å²) < 4.78 is 0. The van der Waals surface area contributed by atoms with Gasteiger partial charge in [-0.2, -0.15) is 0 Å². The van der Waals surface area contributed by atoms with Gasteiger partial charge in [-0.15, -0.1) is 0 Å². The largest absolute Gasteiger partial charge is 0.398 e. The zero-order chi connectivity index (χ0) is 13.4. The molecule has 0 aliphatic carbocycles. The molecule has 4 heteroatoms. The summed E-state index contributed by atoms with van der Waals surface area (Å²) in [6.07, 6.45) is 3.51. The average Bonchev–Trinajstić information content (AvgIpc) is 2.94. The molecule has 0 radical (unpaired) electrons. The molecule has 0 bridgehead atoms. The van der Waals surface area contributed by atoms with Crippen molar-refractivity contribution in [2.24, 2.45) is 0 Å². The van der Waals surface area contributed by atoms with Crippen LogP contribution < -0.4 is 11.1 Å². The van der Waals surface area contributed by atoms with Crippen LogP contribution in [0.3, 0.4) is 0 Å². The van der Waals surface area contributed by atoms with Gasteiger partial charge < -0.3 is 11.1 Å². The Bertz CT molecular complexity index is 480. The Balaban J connectivity index is 1.75. The van der Waals surface area contributed by atoms with Gasteiger partial charge in [-0.25, -0.2) is 0 Å². The standard InChI is InChI=1S/C15H21N3O/c1-10-4-2-5-11(16)14(10)15(19)17-12-7-9-18-8-3-6-13(12)18/h2,4-5,12-13H,3,6-9,16H2,1H3,(H,17,19). The number of aryl methyl sites for hydroxylation is 1. The Morgan fingerprint density at radius 1 is 1.37 bits per heavy atom. The molecule has 0 aromatic heterocycles. The van der Waals surface area contributed by atoms with Crippen molar-refractivity contribution >= 4 is 11.6 Å². The van der Waals surface area contributed by atoms with Crippen LogP contribution in [-0.4, -0.2) is 36.0 Å². The summed E-state index contributed by atoms with van der Waals surface area (Å²) in [5.74, 6) is -0.0191. The van der Waals surface area contributed by atoms with E-state index in [1.807, 2.05) is 19.1 Å². The highest BCUT2D eigenvalue weighted by atomic mass is 16.1. The van der Waals surface area contributed by atoms with E-state index in [0.717, 1.165) is 18.5 Å². The van der Waals surface area contributed by atoms with Gasteiger partial charge in [0.05, 0.1) is 5.56 Å². The zero-order valence-electron chi connectivity index (χ0n) is 11.4. The number of nitrogen functional groups attached to an aromatic ring is 1. The Morgan fingerprint density at radius 3 is 3.00 bits per heavy atom. The number of hydrogen-bond acceptors (Lipinski definition) is 3. The Morgan fingerprint density at radius 2 is 2.21 bits per heavy atom. The van der Waals surface area contributed by atoms with Gasteiger partial charge in [0.1, 0.15) is 0 Å². The van der Waals surface area contributed by atoms with Crippen molar-refractivity contribution in [3.8, 4) is 0 Å². The second-order valence-electron chi connectivity index (χ2n) is 5.65. The molecule has 2 fully saturated rings. The molecule has 2 heterocycles. The highest BCUT2D eigenvalue weighted by molar-refractivity contribution is 6.00. The second-order valence-corrected chi connectivity index (χ2v) is 5.65. The molecule has 4 nitrogen and oxygen atoms in total. The predicted octanol–water partition coefficient (Wildman–Crippen LogP) is 1.54. The van der Waals surface area contributed by atoms with Gasteiger partial charge in [0.15, 0.2) is 0 Å². The smallest absolute Gasteiger partial charge is 0.253 e. The molecule has 1 aromatic rings. The summed E-state index contributed by atoms with van der Waals surface area (Å²) in [4.78, 5) is 14.9. The van der Waals surface area contributed by atoms with Gasteiger partial charge in [-0.05, 0) is 44.4 Å². The molecule has 19 heavy (non-hydrogen) atoms. The number of rotatable bonds is 2. The first-order chi connectivity index (χ1) is 9.16. The van der Waals surface area contributed by atoms with Crippen LogP contribution in [0.4, 0.5) is 5.69 Å². The molecule has 2 saturated heterocycles. The normalized spacial score (nSPS) is 26.4.